The molecule has 0 radical (unpaired) electrons. The zero-order chi connectivity index (χ0) is 8.43. The zero-order valence-corrected chi connectivity index (χ0v) is 8.40. The van der Waals surface area contributed by atoms with Gasteiger partial charge in [-0.1, -0.05) is 39.5 Å². The van der Waals surface area contributed by atoms with E-state index in [2.05, 4.69) is 38.2 Å². The molecule has 0 aromatic heterocycles. The van der Waals surface area contributed by atoms with Crippen LogP contribution in [0.2, 0.25) is 0 Å². The molecule has 64 valence electrons. The molecule has 0 aromatic rings. The first-order valence-corrected chi connectivity index (χ1v) is 4.99. The third-order valence-electron chi connectivity index (χ3n) is 1.65. The summed E-state index contributed by atoms with van der Waals surface area (Å²) >= 11 is 1.87. The zero-order valence-electron chi connectivity index (χ0n) is 7.59. The van der Waals surface area contributed by atoms with Gasteiger partial charge in [0.15, 0.2) is 0 Å². The van der Waals surface area contributed by atoms with Crippen molar-refractivity contribution in [2.75, 3.05) is 0 Å². The normalized spacial score (nSPS) is 24.2. The van der Waals surface area contributed by atoms with E-state index in [9.17, 15) is 0 Å². The van der Waals surface area contributed by atoms with Crippen LogP contribution < -0.4 is 5.43 Å². The largest absolute Gasteiger partial charge is 0.296 e. The third-order valence-corrected chi connectivity index (χ3v) is 3.36. The number of rotatable bonds is 2. The lowest BCUT2D eigenvalue weighted by Crippen LogP contribution is -2.21. The van der Waals surface area contributed by atoms with Gasteiger partial charge in [0.2, 0.25) is 0 Å². The van der Waals surface area contributed by atoms with Crippen LogP contribution in [-0.4, -0.2) is 10.4 Å². The lowest BCUT2D eigenvalue weighted by molar-refractivity contribution is 0.537. The van der Waals surface area contributed by atoms with Crippen LogP contribution in [0, 0.1) is 11.8 Å². The summed E-state index contributed by atoms with van der Waals surface area (Å²) in [6, 6.07) is 0. The minimum absolute atomic E-state index is 0.493. The van der Waals surface area contributed by atoms with Crippen LogP contribution in [0.25, 0.3) is 0 Å². The highest BCUT2D eigenvalue weighted by Gasteiger charge is 2.23. The summed E-state index contributed by atoms with van der Waals surface area (Å²) in [6.45, 7) is 8.78. The molecular weight excluding hydrogens is 156 g/mol. The van der Waals surface area contributed by atoms with Crippen molar-refractivity contribution in [2.45, 2.75) is 33.1 Å². The lowest BCUT2D eigenvalue weighted by atomic mass is 10.2. The topological polar surface area (TPSA) is 24.4 Å². The summed E-state index contributed by atoms with van der Waals surface area (Å²) in [5.41, 5.74) is 3.14. The van der Waals surface area contributed by atoms with E-state index in [4.69, 9.17) is 0 Å². The molecule has 1 atom stereocenters. The molecule has 0 aliphatic carbocycles. The minimum atomic E-state index is 0.493. The Kier molecular flexibility index (Phi) is 2.82. The summed E-state index contributed by atoms with van der Waals surface area (Å²) < 4.78 is 0. The van der Waals surface area contributed by atoms with Crippen LogP contribution in [0.5, 0.6) is 0 Å². The van der Waals surface area contributed by atoms with Gasteiger partial charge in [-0.3, -0.25) is 5.43 Å². The molecular formula is C8H16N2S. The van der Waals surface area contributed by atoms with E-state index in [-0.39, 0.29) is 0 Å². The monoisotopic (exact) mass is 172 g/mol. The van der Waals surface area contributed by atoms with Crippen molar-refractivity contribution in [3.63, 3.8) is 0 Å². The maximum absolute atomic E-state index is 4.27. The van der Waals surface area contributed by atoms with E-state index in [0.29, 0.717) is 17.2 Å². The summed E-state index contributed by atoms with van der Waals surface area (Å²) in [5.74, 6) is 1.22. The van der Waals surface area contributed by atoms with Crippen molar-refractivity contribution in [3.05, 3.63) is 0 Å². The average Bonchev–Trinajstić information content (AvgIpc) is 2.33. The van der Waals surface area contributed by atoms with Crippen LogP contribution in [0.4, 0.5) is 0 Å². The summed E-state index contributed by atoms with van der Waals surface area (Å²) in [5, 5.41) is 6.00. The molecule has 1 N–H and O–H groups in total. The van der Waals surface area contributed by atoms with Crippen molar-refractivity contribution in [3.8, 4) is 0 Å². The number of hydrogen-bond donors (Lipinski definition) is 1. The van der Waals surface area contributed by atoms with Gasteiger partial charge in [0.25, 0.3) is 0 Å². The van der Waals surface area contributed by atoms with Crippen LogP contribution in [0.3, 0.4) is 0 Å². The average molecular weight is 172 g/mol. The third kappa shape index (κ3) is 2.12. The number of nitrogens with zero attached hydrogens (tertiary/aromatic N) is 1. The van der Waals surface area contributed by atoms with Crippen LogP contribution >= 0.6 is 11.8 Å². The van der Waals surface area contributed by atoms with Gasteiger partial charge in [0, 0.05) is 5.92 Å². The van der Waals surface area contributed by atoms with Gasteiger partial charge in [-0.15, -0.1) is 0 Å². The van der Waals surface area contributed by atoms with Gasteiger partial charge in [-0.2, -0.15) is 5.10 Å². The quantitative estimate of drug-likeness (QED) is 0.691. The molecule has 0 spiro atoms. The smallest absolute Gasteiger partial charge is 0.0977 e. The van der Waals surface area contributed by atoms with Gasteiger partial charge < -0.3 is 0 Å². The maximum Gasteiger partial charge on any atom is 0.0977 e. The van der Waals surface area contributed by atoms with Crippen molar-refractivity contribution in [1.82, 2.24) is 5.43 Å². The van der Waals surface area contributed by atoms with Gasteiger partial charge >= 0.3 is 0 Å². The van der Waals surface area contributed by atoms with Crippen LogP contribution in [0.15, 0.2) is 5.10 Å². The Hall–Kier alpha value is -0.180. The van der Waals surface area contributed by atoms with Gasteiger partial charge in [-0.25, -0.2) is 0 Å². The molecule has 0 saturated carbocycles. The Morgan fingerprint density at radius 3 is 2.27 bits per heavy atom. The summed E-state index contributed by atoms with van der Waals surface area (Å²) in [6.07, 6.45) is 0. The first-order chi connectivity index (χ1) is 5.11. The summed E-state index contributed by atoms with van der Waals surface area (Å²) in [4.78, 5) is 0. The number of thioether (sulfide) groups is 1. The van der Waals surface area contributed by atoms with Gasteiger partial charge in [0.1, 0.15) is 0 Å². The fourth-order valence-corrected chi connectivity index (χ4v) is 1.88. The van der Waals surface area contributed by atoms with E-state index in [1.165, 1.54) is 5.04 Å². The number of hydrazone groups is 1. The maximum atomic E-state index is 4.27. The molecule has 1 rings (SSSR count). The predicted molar refractivity (Wildman–Crippen MR) is 51.6 cm³/mol. The second-order valence-corrected chi connectivity index (χ2v) is 4.68. The first-order valence-electron chi connectivity index (χ1n) is 4.11. The predicted octanol–water partition coefficient (Wildman–Crippen LogP) is 2.27. The van der Waals surface area contributed by atoms with Crippen LogP contribution in [0.1, 0.15) is 27.7 Å². The number of hydrogen-bond acceptors (Lipinski definition) is 3. The Bertz CT molecular complexity index is 163. The van der Waals surface area contributed by atoms with Gasteiger partial charge in [0.05, 0.1) is 10.4 Å². The number of nitrogens with one attached hydrogen (secondary N) is 1. The lowest BCUT2D eigenvalue weighted by Gasteiger charge is -2.12. The standard InChI is InChI=1S/C8H16N2S/c1-5(2)7-9-10-8(11-7)6(3)4/h5-7,9H,1-4H3. The van der Waals surface area contributed by atoms with E-state index < -0.39 is 0 Å². The highest BCUT2D eigenvalue weighted by atomic mass is 32.2. The fraction of sp³-hybridized carbons (Fsp3) is 0.875. The molecule has 2 nitrogen and oxygen atoms in total. The van der Waals surface area contributed by atoms with E-state index >= 15 is 0 Å². The molecule has 1 aliphatic rings. The second kappa shape index (κ2) is 3.48. The fourth-order valence-electron chi connectivity index (χ4n) is 0.860. The van der Waals surface area contributed by atoms with E-state index in [1.807, 2.05) is 11.8 Å². The van der Waals surface area contributed by atoms with E-state index in [1.54, 1.807) is 0 Å². The molecule has 1 heterocycles. The molecule has 0 aromatic carbocycles. The van der Waals surface area contributed by atoms with Crippen molar-refractivity contribution in [1.29, 1.82) is 0 Å². The molecule has 11 heavy (non-hydrogen) atoms. The van der Waals surface area contributed by atoms with Crippen molar-refractivity contribution in [2.24, 2.45) is 16.9 Å². The van der Waals surface area contributed by atoms with E-state index in [0.717, 1.165) is 0 Å². The summed E-state index contributed by atoms with van der Waals surface area (Å²) in [7, 11) is 0. The van der Waals surface area contributed by atoms with Crippen molar-refractivity contribution >= 4 is 16.8 Å². The Morgan fingerprint density at radius 1 is 1.36 bits per heavy atom. The molecule has 1 aliphatic heterocycles. The molecule has 0 amide bonds. The Balaban J connectivity index is 2.43. The molecule has 1 unspecified atom stereocenters. The molecule has 0 bridgehead atoms. The van der Waals surface area contributed by atoms with Crippen molar-refractivity contribution < 1.29 is 0 Å². The second-order valence-electron chi connectivity index (χ2n) is 3.52. The minimum Gasteiger partial charge on any atom is -0.296 e. The Morgan fingerprint density at radius 2 is 2.00 bits per heavy atom. The molecule has 0 saturated heterocycles. The highest BCUT2D eigenvalue weighted by Crippen LogP contribution is 2.26. The van der Waals surface area contributed by atoms with Crippen LogP contribution in [-0.2, 0) is 0 Å². The SMILES string of the molecule is CC(C)C1=NNC(C(C)C)S1. The Labute approximate surface area is 72.8 Å². The van der Waals surface area contributed by atoms with Gasteiger partial charge in [-0.05, 0) is 5.92 Å². The molecule has 3 heteroatoms. The highest BCUT2D eigenvalue weighted by molar-refractivity contribution is 8.14. The molecule has 0 fully saturated rings. The first kappa shape index (κ1) is 8.91.